The van der Waals surface area contributed by atoms with Crippen molar-refractivity contribution in [3.05, 3.63) is 59.9 Å². The molecule has 3 nitrogen and oxygen atoms in total. The van der Waals surface area contributed by atoms with E-state index in [1.165, 1.54) is 0 Å². The Morgan fingerprint density at radius 2 is 1.75 bits per heavy atom. The Balaban J connectivity index is 1.88. The minimum absolute atomic E-state index is 0.172. The van der Waals surface area contributed by atoms with Gasteiger partial charge in [0.05, 0.1) is 0 Å². The lowest BCUT2D eigenvalue weighted by Gasteiger charge is -2.14. The second-order valence-corrected chi connectivity index (χ2v) is 4.41. The van der Waals surface area contributed by atoms with Gasteiger partial charge in [0, 0.05) is 25.0 Å². The van der Waals surface area contributed by atoms with E-state index in [1.54, 1.807) is 36.7 Å². The van der Waals surface area contributed by atoms with Gasteiger partial charge in [0.25, 0.3) is 0 Å². The molecule has 0 fully saturated rings. The third kappa shape index (κ3) is 4.28. The zero-order valence-electron chi connectivity index (χ0n) is 11.1. The van der Waals surface area contributed by atoms with E-state index >= 15 is 0 Å². The van der Waals surface area contributed by atoms with Gasteiger partial charge in [-0.15, -0.1) is 0 Å². The molecule has 106 valence electrons. The summed E-state index contributed by atoms with van der Waals surface area (Å²) in [5, 5.41) is 3.36. The molecule has 2 rings (SSSR count). The van der Waals surface area contributed by atoms with Gasteiger partial charge < -0.3 is 10.1 Å². The van der Waals surface area contributed by atoms with Crippen molar-refractivity contribution in [1.29, 1.82) is 0 Å². The lowest BCUT2D eigenvalue weighted by molar-refractivity contribution is -0.0498. The molecular weight excluding hydrogens is 262 g/mol. The van der Waals surface area contributed by atoms with Crippen molar-refractivity contribution in [1.82, 2.24) is 10.3 Å². The van der Waals surface area contributed by atoms with Crippen LogP contribution in [0.4, 0.5) is 8.78 Å². The molecule has 1 atom stereocenters. The number of benzene rings is 1. The minimum Gasteiger partial charge on any atom is -0.435 e. The Bertz CT molecular complexity index is 517. The molecule has 0 radical (unpaired) electrons. The van der Waals surface area contributed by atoms with Crippen LogP contribution >= 0.6 is 0 Å². The van der Waals surface area contributed by atoms with Crippen LogP contribution in [0.5, 0.6) is 5.75 Å². The Morgan fingerprint density at radius 1 is 1.10 bits per heavy atom. The molecule has 0 aliphatic carbocycles. The molecule has 0 amide bonds. The average molecular weight is 278 g/mol. The van der Waals surface area contributed by atoms with Gasteiger partial charge in [-0.2, -0.15) is 8.78 Å². The molecule has 0 saturated heterocycles. The highest BCUT2D eigenvalue weighted by Crippen LogP contribution is 2.16. The first-order chi connectivity index (χ1) is 9.65. The van der Waals surface area contributed by atoms with Crippen LogP contribution in [-0.4, -0.2) is 11.6 Å². The number of nitrogens with zero attached hydrogens (tertiary/aromatic N) is 1. The highest BCUT2D eigenvalue weighted by molar-refractivity contribution is 5.27. The first kappa shape index (κ1) is 14.4. The smallest absolute Gasteiger partial charge is 0.387 e. The first-order valence-corrected chi connectivity index (χ1v) is 6.32. The molecule has 1 unspecified atom stereocenters. The third-order valence-corrected chi connectivity index (χ3v) is 2.97. The molecule has 0 aliphatic rings. The minimum atomic E-state index is -2.79. The van der Waals surface area contributed by atoms with Crippen molar-refractivity contribution in [2.45, 2.75) is 26.1 Å². The zero-order valence-corrected chi connectivity index (χ0v) is 11.1. The van der Waals surface area contributed by atoms with Crippen LogP contribution < -0.4 is 10.1 Å². The summed E-state index contributed by atoms with van der Waals surface area (Å²) in [6.45, 7) is -0.0760. The molecule has 0 spiro atoms. The van der Waals surface area contributed by atoms with Crippen molar-refractivity contribution in [2.75, 3.05) is 0 Å². The van der Waals surface area contributed by atoms with Gasteiger partial charge in [-0.25, -0.2) is 0 Å². The van der Waals surface area contributed by atoms with Crippen LogP contribution in [0.25, 0.3) is 0 Å². The predicted molar refractivity (Wildman–Crippen MR) is 72.6 cm³/mol. The molecule has 2 aromatic rings. The van der Waals surface area contributed by atoms with Crippen LogP contribution in [0.15, 0.2) is 48.8 Å². The summed E-state index contributed by atoms with van der Waals surface area (Å²) in [5.74, 6) is 0.172. The quantitative estimate of drug-likeness (QED) is 0.877. The van der Waals surface area contributed by atoms with Crippen molar-refractivity contribution in [3.8, 4) is 5.75 Å². The summed E-state index contributed by atoms with van der Waals surface area (Å²) in [6, 6.07) is 10.7. The van der Waals surface area contributed by atoms with Crippen molar-refractivity contribution in [2.24, 2.45) is 0 Å². The molecule has 1 aromatic carbocycles. The highest BCUT2D eigenvalue weighted by Gasteiger charge is 2.06. The van der Waals surface area contributed by atoms with Gasteiger partial charge in [0.1, 0.15) is 5.75 Å². The second kappa shape index (κ2) is 6.96. The molecule has 1 heterocycles. The molecule has 0 saturated carbocycles. The molecule has 0 bridgehead atoms. The van der Waals surface area contributed by atoms with Crippen molar-refractivity contribution in [3.63, 3.8) is 0 Å². The van der Waals surface area contributed by atoms with Gasteiger partial charge in [-0.05, 0) is 42.3 Å². The van der Waals surface area contributed by atoms with E-state index in [1.807, 2.05) is 12.1 Å². The largest absolute Gasteiger partial charge is 0.435 e. The summed E-state index contributed by atoms with van der Waals surface area (Å²) >= 11 is 0. The molecule has 5 heteroatoms. The number of aromatic nitrogens is 1. The summed E-state index contributed by atoms with van der Waals surface area (Å²) in [7, 11) is 0. The van der Waals surface area contributed by atoms with Gasteiger partial charge >= 0.3 is 6.61 Å². The molecular formula is C15H16F2N2O. The summed E-state index contributed by atoms with van der Waals surface area (Å²) in [4.78, 5) is 3.98. The normalized spacial score (nSPS) is 12.4. The number of hydrogen-bond donors (Lipinski definition) is 1. The average Bonchev–Trinajstić information content (AvgIpc) is 2.46. The number of nitrogens with one attached hydrogen (secondary N) is 1. The standard InChI is InChI=1S/C15H16F2N2O/c1-11(13-6-8-18-9-7-13)19-10-12-2-4-14(5-3-12)20-15(16)17/h2-9,11,15,19H,10H2,1H3. The molecule has 1 N–H and O–H groups in total. The van der Waals surface area contributed by atoms with Gasteiger partial charge in [0.15, 0.2) is 0 Å². The molecule has 20 heavy (non-hydrogen) atoms. The fourth-order valence-electron chi connectivity index (χ4n) is 1.83. The van der Waals surface area contributed by atoms with Crippen molar-refractivity contribution >= 4 is 0 Å². The number of halogens is 2. The lowest BCUT2D eigenvalue weighted by Crippen LogP contribution is -2.18. The highest BCUT2D eigenvalue weighted by atomic mass is 19.3. The van der Waals surface area contributed by atoms with E-state index in [9.17, 15) is 8.78 Å². The second-order valence-electron chi connectivity index (χ2n) is 4.41. The topological polar surface area (TPSA) is 34.1 Å². The third-order valence-electron chi connectivity index (χ3n) is 2.97. The van der Waals surface area contributed by atoms with Gasteiger partial charge in [0.2, 0.25) is 0 Å². The van der Waals surface area contributed by atoms with Crippen LogP contribution in [0.3, 0.4) is 0 Å². The number of rotatable bonds is 6. The van der Waals surface area contributed by atoms with Crippen molar-refractivity contribution < 1.29 is 13.5 Å². The van der Waals surface area contributed by atoms with Crippen LogP contribution in [0.2, 0.25) is 0 Å². The maximum Gasteiger partial charge on any atom is 0.387 e. The van der Waals surface area contributed by atoms with Crippen LogP contribution in [0, 0.1) is 0 Å². The maximum atomic E-state index is 12.0. The monoisotopic (exact) mass is 278 g/mol. The molecule has 0 aliphatic heterocycles. The van der Waals surface area contributed by atoms with E-state index in [-0.39, 0.29) is 11.8 Å². The summed E-state index contributed by atoms with van der Waals surface area (Å²) < 4.78 is 28.3. The fourth-order valence-corrected chi connectivity index (χ4v) is 1.83. The summed E-state index contributed by atoms with van der Waals surface area (Å²) in [6.07, 6.45) is 3.51. The van der Waals surface area contributed by atoms with Crippen LogP contribution in [-0.2, 0) is 6.54 Å². The number of alkyl halides is 2. The van der Waals surface area contributed by atoms with Gasteiger partial charge in [-0.1, -0.05) is 12.1 Å². The lowest BCUT2D eigenvalue weighted by atomic mass is 10.1. The fraction of sp³-hybridized carbons (Fsp3) is 0.267. The number of hydrogen-bond acceptors (Lipinski definition) is 3. The van der Waals surface area contributed by atoms with E-state index < -0.39 is 6.61 Å². The van der Waals surface area contributed by atoms with E-state index in [0.717, 1.165) is 11.1 Å². The van der Waals surface area contributed by atoms with Gasteiger partial charge in [-0.3, -0.25) is 4.98 Å². The van der Waals surface area contributed by atoms with E-state index in [0.29, 0.717) is 6.54 Å². The number of ether oxygens (including phenoxy) is 1. The summed E-state index contributed by atoms with van der Waals surface area (Å²) in [5.41, 5.74) is 2.16. The first-order valence-electron chi connectivity index (χ1n) is 6.32. The number of pyridine rings is 1. The predicted octanol–water partition coefficient (Wildman–Crippen LogP) is 3.53. The van der Waals surface area contributed by atoms with Crippen LogP contribution in [0.1, 0.15) is 24.1 Å². The maximum absolute atomic E-state index is 12.0. The Labute approximate surface area is 116 Å². The van der Waals surface area contributed by atoms with E-state index in [4.69, 9.17) is 0 Å². The zero-order chi connectivity index (χ0) is 14.4. The molecule has 1 aromatic heterocycles. The Morgan fingerprint density at radius 3 is 2.35 bits per heavy atom. The SMILES string of the molecule is CC(NCc1ccc(OC(F)F)cc1)c1ccncc1. The van der Waals surface area contributed by atoms with E-state index in [2.05, 4.69) is 22.0 Å². The Kier molecular flexibility index (Phi) is 5.01. The Hall–Kier alpha value is -2.01.